The van der Waals surface area contributed by atoms with E-state index in [9.17, 15) is 9.59 Å². The SMILES string of the molecule is Cc1cc(CC(=O)Nc2cc(C3CCC(OC(=O)NC(C)C)CC3)[nH]n2)on1. The molecule has 9 nitrogen and oxygen atoms in total. The van der Waals surface area contributed by atoms with Crippen LogP contribution in [0.3, 0.4) is 0 Å². The molecule has 0 bridgehead atoms. The zero-order valence-corrected chi connectivity index (χ0v) is 16.4. The maximum Gasteiger partial charge on any atom is 0.407 e. The number of ether oxygens (including phenoxy) is 1. The van der Waals surface area contributed by atoms with E-state index in [1.54, 1.807) is 13.0 Å². The highest BCUT2D eigenvalue weighted by Gasteiger charge is 2.26. The van der Waals surface area contributed by atoms with Gasteiger partial charge in [0.2, 0.25) is 5.91 Å². The van der Waals surface area contributed by atoms with Crippen LogP contribution in [0.2, 0.25) is 0 Å². The second-order valence-corrected chi connectivity index (χ2v) is 7.55. The second-order valence-electron chi connectivity index (χ2n) is 7.55. The van der Waals surface area contributed by atoms with E-state index in [0.29, 0.717) is 17.5 Å². The maximum absolute atomic E-state index is 12.1. The number of rotatable bonds is 6. The van der Waals surface area contributed by atoms with Crippen LogP contribution in [0, 0.1) is 6.92 Å². The van der Waals surface area contributed by atoms with Crippen molar-refractivity contribution < 1.29 is 18.8 Å². The molecule has 2 aromatic heterocycles. The number of aromatic nitrogens is 3. The highest BCUT2D eigenvalue weighted by Crippen LogP contribution is 2.33. The minimum absolute atomic E-state index is 0.0533. The van der Waals surface area contributed by atoms with Gasteiger partial charge in [0.1, 0.15) is 11.9 Å². The fourth-order valence-corrected chi connectivity index (χ4v) is 3.37. The largest absolute Gasteiger partial charge is 0.446 e. The van der Waals surface area contributed by atoms with E-state index in [4.69, 9.17) is 9.26 Å². The maximum atomic E-state index is 12.1. The molecule has 0 saturated heterocycles. The lowest BCUT2D eigenvalue weighted by atomic mass is 9.85. The third-order valence-corrected chi connectivity index (χ3v) is 4.67. The molecular weight excluding hydrogens is 362 g/mol. The first-order chi connectivity index (χ1) is 13.4. The minimum Gasteiger partial charge on any atom is -0.446 e. The van der Waals surface area contributed by atoms with Crippen molar-refractivity contribution in [3.05, 3.63) is 29.3 Å². The number of amides is 2. The van der Waals surface area contributed by atoms with Crippen molar-refractivity contribution in [2.24, 2.45) is 0 Å². The summed E-state index contributed by atoms with van der Waals surface area (Å²) in [6, 6.07) is 3.66. The first-order valence-corrected chi connectivity index (χ1v) is 9.63. The number of carbonyl (C=O) groups is 2. The molecule has 9 heteroatoms. The summed E-state index contributed by atoms with van der Waals surface area (Å²) in [5.74, 6) is 1.11. The Bertz CT molecular complexity index is 805. The van der Waals surface area contributed by atoms with Crippen LogP contribution < -0.4 is 10.6 Å². The number of hydrogen-bond acceptors (Lipinski definition) is 6. The van der Waals surface area contributed by atoms with Gasteiger partial charge in [-0.3, -0.25) is 9.89 Å². The smallest absolute Gasteiger partial charge is 0.407 e. The molecule has 152 valence electrons. The molecule has 0 atom stereocenters. The molecule has 2 heterocycles. The number of hydrogen-bond donors (Lipinski definition) is 3. The van der Waals surface area contributed by atoms with Gasteiger partial charge in [-0.1, -0.05) is 5.16 Å². The Morgan fingerprint density at radius 2 is 2.04 bits per heavy atom. The van der Waals surface area contributed by atoms with Crippen molar-refractivity contribution in [2.75, 3.05) is 5.32 Å². The van der Waals surface area contributed by atoms with Crippen LogP contribution in [0.4, 0.5) is 10.6 Å². The Balaban J connectivity index is 1.45. The molecule has 28 heavy (non-hydrogen) atoms. The van der Waals surface area contributed by atoms with Gasteiger partial charge in [0.25, 0.3) is 0 Å². The number of nitrogens with zero attached hydrogens (tertiary/aromatic N) is 2. The lowest BCUT2D eigenvalue weighted by molar-refractivity contribution is -0.115. The van der Waals surface area contributed by atoms with Crippen LogP contribution in [-0.2, 0) is 16.0 Å². The number of aryl methyl sites for hydroxylation is 1. The summed E-state index contributed by atoms with van der Waals surface area (Å²) in [7, 11) is 0. The van der Waals surface area contributed by atoms with E-state index in [0.717, 1.165) is 37.1 Å². The number of nitrogens with one attached hydrogen (secondary N) is 3. The predicted molar refractivity (Wildman–Crippen MR) is 102 cm³/mol. The number of H-pyrrole nitrogens is 1. The number of aromatic amines is 1. The van der Waals surface area contributed by atoms with E-state index in [1.807, 2.05) is 19.9 Å². The van der Waals surface area contributed by atoms with Crippen LogP contribution in [0.5, 0.6) is 0 Å². The molecule has 0 aliphatic heterocycles. The van der Waals surface area contributed by atoms with Crippen molar-refractivity contribution >= 4 is 17.8 Å². The third-order valence-electron chi connectivity index (χ3n) is 4.67. The highest BCUT2D eigenvalue weighted by molar-refractivity contribution is 5.91. The summed E-state index contributed by atoms with van der Waals surface area (Å²) in [6.45, 7) is 5.61. The predicted octanol–water partition coefficient (Wildman–Crippen LogP) is 3.05. The van der Waals surface area contributed by atoms with Gasteiger partial charge < -0.3 is 19.9 Å². The first-order valence-electron chi connectivity index (χ1n) is 9.63. The molecule has 1 aliphatic rings. The van der Waals surface area contributed by atoms with E-state index in [2.05, 4.69) is 26.0 Å². The average Bonchev–Trinajstić information content (AvgIpc) is 3.24. The lowest BCUT2D eigenvalue weighted by Gasteiger charge is -2.27. The summed E-state index contributed by atoms with van der Waals surface area (Å²) in [4.78, 5) is 23.8. The summed E-state index contributed by atoms with van der Waals surface area (Å²) >= 11 is 0. The molecule has 1 fully saturated rings. The monoisotopic (exact) mass is 389 g/mol. The Morgan fingerprint density at radius 3 is 2.68 bits per heavy atom. The zero-order valence-electron chi connectivity index (χ0n) is 16.4. The van der Waals surface area contributed by atoms with Gasteiger partial charge in [0.05, 0.1) is 12.1 Å². The molecule has 2 aromatic rings. The van der Waals surface area contributed by atoms with Crippen molar-refractivity contribution in [1.29, 1.82) is 0 Å². The molecule has 1 aliphatic carbocycles. The van der Waals surface area contributed by atoms with Crippen LogP contribution in [-0.4, -0.2) is 39.5 Å². The van der Waals surface area contributed by atoms with Gasteiger partial charge in [-0.2, -0.15) is 5.10 Å². The molecule has 0 radical (unpaired) electrons. The number of anilines is 1. The van der Waals surface area contributed by atoms with Crippen LogP contribution >= 0.6 is 0 Å². The van der Waals surface area contributed by atoms with Gasteiger partial charge >= 0.3 is 6.09 Å². The molecule has 0 unspecified atom stereocenters. The molecule has 2 amide bonds. The quantitative estimate of drug-likeness (QED) is 0.698. The number of carbonyl (C=O) groups excluding carboxylic acids is 2. The first kappa shape index (κ1) is 19.9. The summed E-state index contributed by atoms with van der Waals surface area (Å²) in [6.07, 6.45) is 3.11. The van der Waals surface area contributed by atoms with Gasteiger partial charge in [-0.25, -0.2) is 4.79 Å². The van der Waals surface area contributed by atoms with E-state index in [1.165, 1.54) is 0 Å². The fourth-order valence-electron chi connectivity index (χ4n) is 3.37. The molecule has 3 rings (SSSR count). The van der Waals surface area contributed by atoms with E-state index in [-0.39, 0.29) is 30.6 Å². The summed E-state index contributed by atoms with van der Waals surface area (Å²) in [5, 5.41) is 16.5. The topological polar surface area (TPSA) is 122 Å². The standard InChI is InChI=1S/C19H27N5O4/c1-11(2)20-19(26)27-14-6-4-13(5-7-14)16-10-17(23-22-16)21-18(25)9-15-8-12(3)24-28-15/h8,10-11,13-14H,4-7,9H2,1-3H3,(H,20,26)(H2,21,22,23,25). The van der Waals surface area contributed by atoms with Crippen molar-refractivity contribution in [3.8, 4) is 0 Å². The van der Waals surface area contributed by atoms with Crippen molar-refractivity contribution in [3.63, 3.8) is 0 Å². The van der Waals surface area contributed by atoms with E-state index < -0.39 is 0 Å². The third kappa shape index (κ3) is 5.58. The van der Waals surface area contributed by atoms with Crippen molar-refractivity contribution in [1.82, 2.24) is 20.7 Å². The highest BCUT2D eigenvalue weighted by atomic mass is 16.6. The lowest BCUT2D eigenvalue weighted by Crippen LogP contribution is -2.34. The Morgan fingerprint density at radius 1 is 1.29 bits per heavy atom. The van der Waals surface area contributed by atoms with Gasteiger partial charge in [-0.15, -0.1) is 0 Å². The summed E-state index contributed by atoms with van der Waals surface area (Å²) < 4.78 is 10.5. The number of alkyl carbamates (subject to hydrolysis) is 1. The molecule has 0 aromatic carbocycles. The van der Waals surface area contributed by atoms with E-state index >= 15 is 0 Å². The van der Waals surface area contributed by atoms with Crippen LogP contribution in [0.15, 0.2) is 16.7 Å². The van der Waals surface area contributed by atoms with Crippen LogP contribution in [0.25, 0.3) is 0 Å². The van der Waals surface area contributed by atoms with Crippen LogP contribution in [0.1, 0.15) is 62.6 Å². The Hall–Kier alpha value is -2.84. The molecule has 1 saturated carbocycles. The normalized spacial score (nSPS) is 19.4. The average molecular weight is 389 g/mol. The molecule has 0 spiro atoms. The fraction of sp³-hybridized carbons (Fsp3) is 0.579. The van der Waals surface area contributed by atoms with Gasteiger partial charge in [-0.05, 0) is 46.5 Å². The Kier molecular flexibility index (Phi) is 6.33. The van der Waals surface area contributed by atoms with Crippen molar-refractivity contribution in [2.45, 2.75) is 70.9 Å². The summed E-state index contributed by atoms with van der Waals surface area (Å²) in [5.41, 5.74) is 1.72. The minimum atomic E-state index is -0.355. The second kappa shape index (κ2) is 8.90. The molecule has 3 N–H and O–H groups in total. The molecular formula is C19H27N5O4. The van der Waals surface area contributed by atoms with Gasteiger partial charge in [0.15, 0.2) is 5.82 Å². The van der Waals surface area contributed by atoms with Gasteiger partial charge in [0, 0.05) is 29.8 Å². The zero-order chi connectivity index (χ0) is 20.1. The Labute approximate surface area is 163 Å².